The van der Waals surface area contributed by atoms with Crippen LogP contribution in [0.5, 0.6) is 0 Å². The highest BCUT2D eigenvalue weighted by molar-refractivity contribution is 9.10. The summed E-state index contributed by atoms with van der Waals surface area (Å²) in [6.45, 7) is 5.19. The highest BCUT2D eigenvalue weighted by Gasteiger charge is 2.24. The molecule has 0 spiro atoms. The standard InChI is InChI=1S/C13H19BrN2O/c1-10-3-4-13(12(14)7-10)16-6-5-15(2)11(8-16)9-17/h3-4,7,11,17H,5-6,8-9H2,1-2H3. The zero-order valence-corrected chi connectivity index (χ0v) is 11.9. The molecule has 0 saturated carbocycles. The average Bonchev–Trinajstić information content (AvgIpc) is 2.30. The summed E-state index contributed by atoms with van der Waals surface area (Å²) in [5, 5.41) is 9.36. The van der Waals surface area contributed by atoms with Crippen molar-refractivity contribution in [1.82, 2.24) is 4.90 Å². The number of halogens is 1. The number of aryl methyl sites for hydroxylation is 1. The first-order valence-electron chi connectivity index (χ1n) is 5.94. The van der Waals surface area contributed by atoms with E-state index in [1.54, 1.807) is 0 Å². The topological polar surface area (TPSA) is 26.7 Å². The minimum atomic E-state index is 0.219. The molecule has 0 radical (unpaired) electrons. The van der Waals surface area contributed by atoms with Crippen LogP contribution in [0.4, 0.5) is 5.69 Å². The third kappa shape index (κ3) is 2.81. The molecule has 0 amide bonds. The van der Waals surface area contributed by atoms with Gasteiger partial charge in [0.05, 0.1) is 18.3 Å². The number of benzene rings is 1. The van der Waals surface area contributed by atoms with Crippen molar-refractivity contribution < 1.29 is 5.11 Å². The Balaban J connectivity index is 2.17. The predicted molar refractivity (Wildman–Crippen MR) is 74.6 cm³/mol. The van der Waals surface area contributed by atoms with E-state index >= 15 is 0 Å². The molecule has 1 aliphatic heterocycles. The van der Waals surface area contributed by atoms with Crippen LogP contribution < -0.4 is 4.90 Å². The van der Waals surface area contributed by atoms with E-state index in [4.69, 9.17) is 0 Å². The van der Waals surface area contributed by atoms with Crippen LogP contribution in [0.25, 0.3) is 0 Å². The Hall–Kier alpha value is -0.580. The molecule has 94 valence electrons. The van der Waals surface area contributed by atoms with Crippen LogP contribution in [-0.4, -0.2) is 49.3 Å². The van der Waals surface area contributed by atoms with E-state index in [-0.39, 0.29) is 12.6 Å². The Morgan fingerprint density at radius 2 is 2.18 bits per heavy atom. The molecule has 0 aliphatic carbocycles. The molecule has 1 heterocycles. The van der Waals surface area contributed by atoms with E-state index in [9.17, 15) is 5.11 Å². The third-order valence-corrected chi connectivity index (χ3v) is 4.07. The van der Waals surface area contributed by atoms with Crippen LogP contribution in [0.2, 0.25) is 0 Å². The van der Waals surface area contributed by atoms with Gasteiger partial charge in [0, 0.05) is 24.1 Å². The zero-order chi connectivity index (χ0) is 12.4. The molecule has 4 heteroatoms. The van der Waals surface area contributed by atoms with Gasteiger partial charge in [-0.05, 0) is 47.6 Å². The number of aliphatic hydroxyl groups excluding tert-OH is 1. The molecule has 1 unspecified atom stereocenters. The van der Waals surface area contributed by atoms with E-state index in [2.05, 4.69) is 57.9 Å². The van der Waals surface area contributed by atoms with Gasteiger partial charge in [-0.1, -0.05) is 6.07 Å². The summed E-state index contributed by atoms with van der Waals surface area (Å²) in [6.07, 6.45) is 0. The third-order valence-electron chi connectivity index (χ3n) is 3.43. The number of anilines is 1. The second-order valence-electron chi connectivity index (χ2n) is 4.72. The lowest BCUT2D eigenvalue weighted by molar-refractivity contribution is 0.135. The summed E-state index contributed by atoms with van der Waals surface area (Å²) >= 11 is 3.62. The van der Waals surface area contributed by atoms with Gasteiger partial charge in [-0.2, -0.15) is 0 Å². The van der Waals surface area contributed by atoms with E-state index in [1.165, 1.54) is 11.3 Å². The molecule has 1 saturated heterocycles. The molecule has 1 N–H and O–H groups in total. The Bertz CT molecular complexity index is 397. The molecule has 0 bridgehead atoms. The molecular weight excluding hydrogens is 280 g/mol. The van der Waals surface area contributed by atoms with Crippen LogP contribution in [-0.2, 0) is 0 Å². The van der Waals surface area contributed by atoms with Gasteiger partial charge in [0.25, 0.3) is 0 Å². The molecule has 0 aromatic heterocycles. The second-order valence-corrected chi connectivity index (χ2v) is 5.57. The average molecular weight is 299 g/mol. The first kappa shape index (κ1) is 12.9. The summed E-state index contributed by atoms with van der Waals surface area (Å²) in [4.78, 5) is 4.56. The van der Waals surface area contributed by atoms with Crippen molar-refractivity contribution in [2.24, 2.45) is 0 Å². The quantitative estimate of drug-likeness (QED) is 0.903. The van der Waals surface area contributed by atoms with Gasteiger partial charge in [-0.15, -0.1) is 0 Å². The lowest BCUT2D eigenvalue weighted by atomic mass is 10.1. The minimum Gasteiger partial charge on any atom is -0.395 e. The fraction of sp³-hybridized carbons (Fsp3) is 0.538. The van der Waals surface area contributed by atoms with Gasteiger partial charge in [-0.3, -0.25) is 4.90 Å². The van der Waals surface area contributed by atoms with Crippen molar-refractivity contribution in [3.8, 4) is 0 Å². The van der Waals surface area contributed by atoms with Gasteiger partial charge in [-0.25, -0.2) is 0 Å². The normalized spacial score (nSPS) is 21.9. The SMILES string of the molecule is Cc1ccc(N2CCN(C)C(CO)C2)c(Br)c1. The van der Waals surface area contributed by atoms with E-state index in [0.29, 0.717) is 0 Å². The molecule has 1 aliphatic rings. The molecule has 1 fully saturated rings. The van der Waals surface area contributed by atoms with Crippen LogP contribution >= 0.6 is 15.9 Å². The zero-order valence-electron chi connectivity index (χ0n) is 10.4. The highest BCUT2D eigenvalue weighted by Crippen LogP contribution is 2.28. The van der Waals surface area contributed by atoms with Crippen LogP contribution in [0, 0.1) is 6.92 Å². The van der Waals surface area contributed by atoms with Gasteiger partial charge in [0.1, 0.15) is 0 Å². The monoisotopic (exact) mass is 298 g/mol. The van der Waals surface area contributed by atoms with Crippen molar-refractivity contribution in [3.63, 3.8) is 0 Å². The Labute approximate surface area is 111 Å². The molecule has 1 aromatic rings. The Morgan fingerprint density at radius 1 is 1.41 bits per heavy atom. The molecule has 1 aromatic carbocycles. The molecule has 1 atom stereocenters. The second kappa shape index (κ2) is 5.38. The first-order valence-corrected chi connectivity index (χ1v) is 6.73. The maximum atomic E-state index is 9.36. The number of piperazine rings is 1. The highest BCUT2D eigenvalue weighted by atomic mass is 79.9. The van der Waals surface area contributed by atoms with Gasteiger partial charge >= 0.3 is 0 Å². The maximum Gasteiger partial charge on any atom is 0.0604 e. The first-order chi connectivity index (χ1) is 8.11. The number of aliphatic hydroxyl groups is 1. The number of hydrogen-bond donors (Lipinski definition) is 1. The van der Waals surface area contributed by atoms with E-state index in [1.807, 2.05) is 0 Å². The number of rotatable bonds is 2. The summed E-state index contributed by atoms with van der Waals surface area (Å²) in [5.74, 6) is 0. The molecule has 2 rings (SSSR count). The van der Waals surface area contributed by atoms with Crippen molar-refractivity contribution in [3.05, 3.63) is 28.2 Å². The summed E-state index contributed by atoms with van der Waals surface area (Å²) in [6, 6.07) is 6.66. The van der Waals surface area contributed by atoms with Crippen LogP contribution in [0.1, 0.15) is 5.56 Å². The lowest BCUT2D eigenvalue weighted by Crippen LogP contribution is -2.53. The smallest absolute Gasteiger partial charge is 0.0604 e. The molecule has 3 nitrogen and oxygen atoms in total. The number of hydrogen-bond acceptors (Lipinski definition) is 3. The molecule has 17 heavy (non-hydrogen) atoms. The van der Waals surface area contributed by atoms with Gasteiger partial charge in [0.2, 0.25) is 0 Å². The van der Waals surface area contributed by atoms with Crippen LogP contribution in [0.15, 0.2) is 22.7 Å². The largest absolute Gasteiger partial charge is 0.395 e. The van der Waals surface area contributed by atoms with Crippen molar-refractivity contribution >= 4 is 21.6 Å². The van der Waals surface area contributed by atoms with Crippen LogP contribution in [0.3, 0.4) is 0 Å². The minimum absolute atomic E-state index is 0.219. The maximum absolute atomic E-state index is 9.36. The van der Waals surface area contributed by atoms with Gasteiger partial charge in [0.15, 0.2) is 0 Å². The fourth-order valence-corrected chi connectivity index (χ4v) is 2.97. The van der Waals surface area contributed by atoms with Crippen molar-refractivity contribution in [2.75, 3.05) is 38.2 Å². The number of likely N-dealkylation sites (N-methyl/N-ethyl adjacent to an activating group) is 1. The summed E-state index contributed by atoms with van der Waals surface area (Å²) < 4.78 is 1.14. The lowest BCUT2D eigenvalue weighted by Gasteiger charge is -2.40. The summed E-state index contributed by atoms with van der Waals surface area (Å²) in [7, 11) is 2.07. The van der Waals surface area contributed by atoms with E-state index in [0.717, 1.165) is 24.1 Å². The number of nitrogens with zero attached hydrogens (tertiary/aromatic N) is 2. The van der Waals surface area contributed by atoms with Crippen molar-refractivity contribution in [2.45, 2.75) is 13.0 Å². The summed E-state index contributed by atoms with van der Waals surface area (Å²) in [5.41, 5.74) is 2.48. The Morgan fingerprint density at radius 3 is 2.82 bits per heavy atom. The van der Waals surface area contributed by atoms with Gasteiger partial charge < -0.3 is 10.0 Å². The predicted octanol–water partition coefficient (Wildman–Crippen LogP) is 1.87. The van der Waals surface area contributed by atoms with Crippen molar-refractivity contribution in [1.29, 1.82) is 0 Å². The Kier molecular flexibility index (Phi) is 4.07. The van der Waals surface area contributed by atoms with E-state index < -0.39 is 0 Å². The fourth-order valence-electron chi connectivity index (χ4n) is 2.23. The molecular formula is C13H19BrN2O.